The van der Waals surface area contributed by atoms with Crippen LogP contribution in [-0.2, 0) is 6.42 Å². The molecule has 3 aromatic rings. The van der Waals surface area contributed by atoms with Gasteiger partial charge in [-0.15, -0.1) is 0 Å². The molecule has 0 saturated carbocycles. The zero-order valence-corrected chi connectivity index (χ0v) is 17.7. The van der Waals surface area contributed by atoms with Crippen molar-refractivity contribution in [3.05, 3.63) is 64.9 Å². The van der Waals surface area contributed by atoms with Gasteiger partial charge in [0, 0.05) is 19.7 Å². The van der Waals surface area contributed by atoms with Crippen molar-refractivity contribution < 1.29 is 14.2 Å². The summed E-state index contributed by atoms with van der Waals surface area (Å²) in [7, 11) is 5.24. The molecule has 1 heterocycles. The minimum atomic E-state index is 0.445. The Labute approximate surface area is 176 Å². The van der Waals surface area contributed by atoms with E-state index in [2.05, 4.69) is 9.97 Å². The Hall–Kier alpha value is -2.99. The highest BCUT2D eigenvalue weighted by Gasteiger charge is 2.10. The number of rotatable bonds is 8. The summed E-state index contributed by atoms with van der Waals surface area (Å²) >= 11 is 6.21. The van der Waals surface area contributed by atoms with Crippen molar-refractivity contribution in [2.75, 3.05) is 32.7 Å². The minimum absolute atomic E-state index is 0.445. The van der Waals surface area contributed by atoms with Crippen molar-refractivity contribution in [1.29, 1.82) is 0 Å². The van der Waals surface area contributed by atoms with Gasteiger partial charge in [0.15, 0.2) is 11.5 Å². The van der Waals surface area contributed by atoms with E-state index >= 15 is 0 Å². The molecule has 0 radical (unpaired) electrons. The van der Waals surface area contributed by atoms with Crippen LogP contribution in [0, 0.1) is 6.92 Å². The van der Waals surface area contributed by atoms with Crippen LogP contribution in [0.3, 0.4) is 0 Å². The lowest BCUT2D eigenvalue weighted by molar-refractivity contribution is 0.354. The molecule has 0 aliphatic heterocycles. The third kappa shape index (κ3) is 5.29. The minimum Gasteiger partial charge on any atom is -0.493 e. The molecule has 7 heteroatoms. The van der Waals surface area contributed by atoms with Crippen LogP contribution in [0.25, 0.3) is 0 Å². The molecule has 0 aliphatic rings. The Morgan fingerprint density at radius 1 is 0.931 bits per heavy atom. The van der Waals surface area contributed by atoms with Gasteiger partial charge in [-0.3, -0.25) is 0 Å². The van der Waals surface area contributed by atoms with Gasteiger partial charge in [0.2, 0.25) is 5.88 Å². The Bertz CT molecular complexity index is 981. The van der Waals surface area contributed by atoms with Crippen LogP contribution in [0.15, 0.2) is 48.8 Å². The molecule has 3 rings (SSSR count). The Kier molecular flexibility index (Phi) is 6.77. The number of methoxy groups -OCH3 is 2. The molecule has 0 fully saturated rings. The number of benzene rings is 2. The SMILES string of the molecule is COc1ccc(CCN(C)c2cc(Oc3cc(C)ccc3Cl)ncn2)cc1OC. The topological polar surface area (TPSA) is 56.7 Å². The highest BCUT2D eigenvalue weighted by molar-refractivity contribution is 6.32. The predicted molar refractivity (Wildman–Crippen MR) is 115 cm³/mol. The van der Waals surface area contributed by atoms with Gasteiger partial charge in [-0.1, -0.05) is 23.7 Å². The maximum Gasteiger partial charge on any atom is 0.224 e. The highest BCUT2D eigenvalue weighted by Crippen LogP contribution is 2.30. The second kappa shape index (κ2) is 9.47. The van der Waals surface area contributed by atoms with Crippen molar-refractivity contribution >= 4 is 17.4 Å². The summed E-state index contributed by atoms with van der Waals surface area (Å²) in [5, 5.41) is 0.539. The van der Waals surface area contributed by atoms with Crippen molar-refractivity contribution in [1.82, 2.24) is 9.97 Å². The van der Waals surface area contributed by atoms with Gasteiger partial charge >= 0.3 is 0 Å². The van der Waals surface area contributed by atoms with E-state index in [1.165, 1.54) is 6.33 Å². The number of aryl methyl sites for hydroxylation is 1. The van der Waals surface area contributed by atoms with Crippen LogP contribution in [0.5, 0.6) is 23.1 Å². The fourth-order valence-corrected chi connectivity index (χ4v) is 3.00. The second-order valence-corrected chi connectivity index (χ2v) is 7.02. The van der Waals surface area contributed by atoms with Crippen molar-refractivity contribution in [2.24, 2.45) is 0 Å². The summed E-state index contributed by atoms with van der Waals surface area (Å²) in [6, 6.07) is 13.4. The second-order valence-electron chi connectivity index (χ2n) is 6.61. The molecule has 0 aliphatic carbocycles. The number of anilines is 1. The molecule has 0 unspecified atom stereocenters. The van der Waals surface area contributed by atoms with E-state index < -0.39 is 0 Å². The Morgan fingerprint density at radius 2 is 1.72 bits per heavy atom. The number of hydrogen-bond donors (Lipinski definition) is 0. The van der Waals surface area contributed by atoms with Gasteiger partial charge in [0.25, 0.3) is 0 Å². The van der Waals surface area contributed by atoms with Crippen molar-refractivity contribution in [3.8, 4) is 23.1 Å². The smallest absolute Gasteiger partial charge is 0.224 e. The number of nitrogens with zero attached hydrogens (tertiary/aromatic N) is 3. The normalized spacial score (nSPS) is 10.5. The summed E-state index contributed by atoms with van der Waals surface area (Å²) in [4.78, 5) is 10.6. The first-order valence-corrected chi connectivity index (χ1v) is 9.56. The summed E-state index contributed by atoms with van der Waals surface area (Å²) in [5.74, 6) is 3.22. The first-order valence-electron chi connectivity index (χ1n) is 9.18. The average molecular weight is 414 g/mol. The monoisotopic (exact) mass is 413 g/mol. The first-order chi connectivity index (χ1) is 14.0. The summed E-state index contributed by atoms with van der Waals surface area (Å²) in [5.41, 5.74) is 2.21. The molecule has 29 heavy (non-hydrogen) atoms. The fraction of sp³-hybridized carbons (Fsp3) is 0.273. The molecule has 6 nitrogen and oxygen atoms in total. The quantitative estimate of drug-likeness (QED) is 0.522. The van der Waals surface area contributed by atoms with Crippen LogP contribution in [0.1, 0.15) is 11.1 Å². The Morgan fingerprint density at radius 3 is 2.48 bits per heavy atom. The molecule has 2 aromatic carbocycles. The summed E-state index contributed by atoms with van der Waals surface area (Å²) in [6.07, 6.45) is 2.31. The van der Waals surface area contributed by atoms with Crippen LogP contribution in [0.4, 0.5) is 5.82 Å². The zero-order valence-electron chi connectivity index (χ0n) is 17.0. The first kappa shape index (κ1) is 20.7. The number of aromatic nitrogens is 2. The lowest BCUT2D eigenvalue weighted by atomic mass is 10.1. The van der Waals surface area contributed by atoms with Gasteiger partial charge < -0.3 is 19.1 Å². The maximum absolute atomic E-state index is 6.21. The molecule has 0 amide bonds. The summed E-state index contributed by atoms with van der Waals surface area (Å²) < 4.78 is 16.5. The van der Waals surface area contributed by atoms with E-state index in [4.69, 9.17) is 25.8 Å². The maximum atomic E-state index is 6.21. The molecule has 0 atom stereocenters. The lowest BCUT2D eigenvalue weighted by Gasteiger charge is -2.19. The molecular formula is C22H24ClN3O3. The van der Waals surface area contributed by atoms with Gasteiger partial charge in [0.1, 0.15) is 17.9 Å². The van der Waals surface area contributed by atoms with Crippen LogP contribution in [-0.4, -0.2) is 37.8 Å². The average Bonchev–Trinajstić information content (AvgIpc) is 2.74. The van der Waals surface area contributed by atoms with Crippen molar-refractivity contribution in [2.45, 2.75) is 13.3 Å². The fourth-order valence-electron chi connectivity index (χ4n) is 2.84. The van der Waals surface area contributed by atoms with Gasteiger partial charge in [0.05, 0.1) is 19.2 Å². The highest BCUT2D eigenvalue weighted by atomic mass is 35.5. The molecule has 152 valence electrons. The van der Waals surface area contributed by atoms with E-state index in [1.807, 2.05) is 55.3 Å². The molecule has 0 N–H and O–H groups in total. The number of ether oxygens (including phenoxy) is 3. The van der Waals surface area contributed by atoms with Gasteiger partial charge in [-0.2, -0.15) is 0 Å². The van der Waals surface area contributed by atoms with Crippen LogP contribution >= 0.6 is 11.6 Å². The molecule has 0 spiro atoms. The van der Waals surface area contributed by atoms with Crippen molar-refractivity contribution in [3.63, 3.8) is 0 Å². The predicted octanol–water partition coefficient (Wildman–Crippen LogP) is 4.93. The lowest BCUT2D eigenvalue weighted by Crippen LogP contribution is -2.21. The number of halogens is 1. The number of hydrogen-bond acceptors (Lipinski definition) is 6. The molecule has 0 saturated heterocycles. The Balaban J connectivity index is 1.68. The van der Waals surface area contributed by atoms with Gasteiger partial charge in [-0.05, 0) is 48.7 Å². The van der Waals surface area contributed by atoms with E-state index in [0.29, 0.717) is 16.7 Å². The van der Waals surface area contributed by atoms with Gasteiger partial charge in [-0.25, -0.2) is 9.97 Å². The molecule has 0 bridgehead atoms. The standard InChI is InChI=1S/C22H24ClN3O3/c1-15-5-7-17(23)19(11-15)29-22-13-21(24-14-25-22)26(2)10-9-16-6-8-18(27-3)20(12-16)28-4/h5-8,11-14H,9-10H2,1-4H3. The van der Waals surface area contributed by atoms with E-state index in [9.17, 15) is 0 Å². The van der Waals surface area contributed by atoms with Crippen LogP contribution in [0.2, 0.25) is 5.02 Å². The third-order valence-electron chi connectivity index (χ3n) is 4.50. The van der Waals surface area contributed by atoms with E-state index in [1.54, 1.807) is 20.3 Å². The molecule has 1 aromatic heterocycles. The summed E-state index contributed by atoms with van der Waals surface area (Å²) in [6.45, 7) is 2.74. The number of likely N-dealkylation sites (N-methyl/N-ethyl adjacent to an activating group) is 1. The van der Waals surface area contributed by atoms with Crippen LogP contribution < -0.4 is 19.1 Å². The van der Waals surface area contributed by atoms with E-state index in [0.717, 1.165) is 41.4 Å². The molecular weight excluding hydrogens is 390 g/mol. The zero-order chi connectivity index (χ0) is 20.8. The largest absolute Gasteiger partial charge is 0.493 e. The van der Waals surface area contributed by atoms with E-state index in [-0.39, 0.29) is 0 Å². The third-order valence-corrected chi connectivity index (χ3v) is 4.82.